The van der Waals surface area contributed by atoms with Crippen molar-refractivity contribution in [2.24, 2.45) is 0 Å². The lowest BCUT2D eigenvalue weighted by atomic mass is 10.1. The first-order chi connectivity index (χ1) is 9.77. The van der Waals surface area contributed by atoms with Crippen molar-refractivity contribution in [3.8, 4) is 11.5 Å². The second-order valence-electron chi connectivity index (χ2n) is 5.35. The van der Waals surface area contributed by atoms with Crippen LogP contribution in [0.1, 0.15) is 63.9 Å². The molecule has 0 amide bonds. The summed E-state index contributed by atoms with van der Waals surface area (Å²) >= 11 is 0. The van der Waals surface area contributed by atoms with Gasteiger partial charge in [-0.05, 0) is 18.6 Å². The van der Waals surface area contributed by atoms with E-state index in [4.69, 9.17) is 0 Å². The smallest absolute Gasteiger partial charge is 0.207 e. The van der Waals surface area contributed by atoms with E-state index in [1.165, 1.54) is 38.5 Å². The third kappa shape index (κ3) is 3.32. The van der Waals surface area contributed by atoms with Crippen LogP contribution in [0.2, 0.25) is 0 Å². The molecule has 110 valence electrons. The molecule has 0 radical (unpaired) electrons. The lowest BCUT2D eigenvalue weighted by Gasteiger charge is -2.17. The zero-order valence-electron chi connectivity index (χ0n) is 12.9. The Balaban J connectivity index is 2.01. The largest absolute Gasteiger partial charge is 0.331 e. The van der Waals surface area contributed by atoms with Crippen LogP contribution >= 0.6 is 0 Å². The molecular formula is C15H25N5. The first-order valence-corrected chi connectivity index (χ1v) is 7.83. The number of fused-ring (bicyclic) bond motifs is 1. The van der Waals surface area contributed by atoms with E-state index >= 15 is 0 Å². The Morgan fingerprint density at radius 3 is 2.45 bits per heavy atom. The molecule has 0 spiro atoms. The van der Waals surface area contributed by atoms with Crippen molar-refractivity contribution in [2.75, 3.05) is 0 Å². The summed E-state index contributed by atoms with van der Waals surface area (Å²) in [6, 6.07) is 0. The van der Waals surface area contributed by atoms with Gasteiger partial charge in [0.05, 0.1) is 0 Å². The van der Waals surface area contributed by atoms with Gasteiger partial charge in [-0.2, -0.15) is 0 Å². The molecule has 2 aliphatic heterocycles. The van der Waals surface area contributed by atoms with Gasteiger partial charge in [0.25, 0.3) is 0 Å². The van der Waals surface area contributed by atoms with Crippen LogP contribution in [-0.2, 0) is 13.0 Å². The number of aryl methyl sites for hydroxylation is 1. The number of aromatic nitrogens is 5. The fourth-order valence-corrected chi connectivity index (χ4v) is 2.63. The molecule has 20 heavy (non-hydrogen) atoms. The molecule has 0 atom stereocenters. The molecule has 0 aromatic heterocycles. The average Bonchev–Trinajstić information content (AvgIpc) is 2.93. The molecule has 5 heteroatoms. The average molecular weight is 275 g/mol. The van der Waals surface area contributed by atoms with Crippen LogP contribution in [0.25, 0.3) is 11.5 Å². The minimum atomic E-state index is 0.679. The summed E-state index contributed by atoms with van der Waals surface area (Å²) in [5.41, 5.74) is 1.98. The second kappa shape index (κ2) is 7.31. The molecule has 0 N–H and O–H groups in total. The molecule has 2 rings (SSSR count). The molecule has 0 unspecified atom stereocenters. The summed E-state index contributed by atoms with van der Waals surface area (Å²) in [5, 5.41) is 11.8. The van der Waals surface area contributed by atoms with Crippen LogP contribution < -0.4 is 0 Å². The lowest BCUT2D eigenvalue weighted by molar-refractivity contribution is 0.531. The van der Waals surface area contributed by atoms with Crippen LogP contribution in [0.5, 0.6) is 0 Å². The van der Waals surface area contributed by atoms with E-state index < -0.39 is 0 Å². The molecule has 0 fully saturated rings. The Kier molecular flexibility index (Phi) is 5.44. The third-order valence-electron chi connectivity index (χ3n) is 3.84. The molecule has 0 aromatic carbocycles. The van der Waals surface area contributed by atoms with E-state index in [1.54, 1.807) is 0 Å². The van der Waals surface area contributed by atoms with E-state index in [9.17, 15) is 0 Å². The highest BCUT2D eigenvalue weighted by Crippen LogP contribution is 2.20. The highest BCUT2D eigenvalue weighted by Gasteiger charge is 2.17. The first-order valence-electron chi connectivity index (χ1n) is 7.83. The summed E-state index contributed by atoms with van der Waals surface area (Å²) in [7, 11) is 0. The Morgan fingerprint density at radius 1 is 0.950 bits per heavy atom. The molecule has 2 aliphatic rings. The van der Waals surface area contributed by atoms with Gasteiger partial charge in [-0.3, -0.25) is 0 Å². The summed E-state index contributed by atoms with van der Waals surface area (Å²) in [4.78, 5) is 4.57. The Labute approximate surface area is 121 Å². The van der Waals surface area contributed by atoms with Gasteiger partial charge in [0.1, 0.15) is 5.82 Å². The maximum atomic E-state index is 4.57. The van der Waals surface area contributed by atoms with Crippen molar-refractivity contribution < 1.29 is 0 Å². The van der Waals surface area contributed by atoms with Crippen LogP contribution in [-0.4, -0.2) is 25.0 Å². The summed E-state index contributed by atoms with van der Waals surface area (Å²) < 4.78 is 2.29. The normalized spacial score (nSPS) is 11.3. The van der Waals surface area contributed by atoms with Gasteiger partial charge in [-0.15, -0.1) is 10.2 Å². The van der Waals surface area contributed by atoms with Gasteiger partial charge in [0.2, 0.25) is 5.82 Å². The molecule has 0 bridgehead atoms. The topological polar surface area (TPSA) is 56.5 Å². The van der Waals surface area contributed by atoms with Gasteiger partial charge in [0.15, 0.2) is 5.69 Å². The van der Waals surface area contributed by atoms with Gasteiger partial charge in [0, 0.05) is 18.7 Å². The van der Waals surface area contributed by atoms with Crippen molar-refractivity contribution >= 4 is 0 Å². The van der Waals surface area contributed by atoms with E-state index in [-0.39, 0.29) is 0 Å². The monoisotopic (exact) mass is 275 g/mol. The molecule has 0 aliphatic carbocycles. The number of unbranched alkanes of at least 4 members (excludes halogenated alkanes) is 5. The van der Waals surface area contributed by atoms with E-state index in [1.807, 2.05) is 0 Å². The quantitative estimate of drug-likeness (QED) is 0.693. The molecular weight excluding hydrogens is 250 g/mol. The number of hydrogen-bond donors (Lipinski definition) is 0. The SMILES string of the molecule is CCCCCCCCn1c(CC)nc2nnnc-2c1C. The minimum absolute atomic E-state index is 0.679. The molecule has 0 aromatic rings. The predicted octanol–water partition coefficient (Wildman–Crippen LogP) is 3.40. The second-order valence-corrected chi connectivity index (χ2v) is 5.35. The van der Waals surface area contributed by atoms with Crippen molar-refractivity contribution in [1.82, 2.24) is 25.0 Å². The highest BCUT2D eigenvalue weighted by atomic mass is 15.4. The van der Waals surface area contributed by atoms with Crippen LogP contribution in [0, 0.1) is 6.92 Å². The lowest BCUT2D eigenvalue weighted by Crippen LogP contribution is -2.14. The molecule has 0 saturated carbocycles. The van der Waals surface area contributed by atoms with Crippen LogP contribution in [0.15, 0.2) is 0 Å². The summed E-state index contributed by atoms with van der Waals surface area (Å²) in [5.74, 6) is 1.77. The van der Waals surface area contributed by atoms with Crippen LogP contribution in [0.3, 0.4) is 0 Å². The van der Waals surface area contributed by atoms with E-state index in [0.29, 0.717) is 5.82 Å². The van der Waals surface area contributed by atoms with Gasteiger partial charge in [-0.1, -0.05) is 46.0 Å². The van der Waals surface area contributed by atoms with E-state index in [2.05, 4.69) is 45.7 Å². The Hall–Kier alpha value is -1.52. The minimum Gasteiger partial charge on any atom is -0.331 e. The van der Waals surface area contributed by atoms with Crippen molar-refractivity contribution in [3.05, 3.63) is 11.5 Å². The van der Waals surface area contributed by atoms with Gasteiger partial charge >= 0.3 is 0 Å². The zero-order chi connectivity index (χ0) is 14.4. The Bertz CT molecular complexity index is 505. The van der Waals surface area contributed by atoms with Crippen molar-refractivity contribution in [1.29, 1.82) is 0 Å². The number of hydrogen-bond acceptors (Lipinski definition) is 4. The standard InChI is InChI=1S/C15H25N5/c1-4-6-7-8-9-10-11-20-12(3)14-15(18-19-17-14)16-13(20)5-2/h4-11H2,1-3H3. The summed E-state index contributed by atoms with van der Waals surface area (Å²) in [6.07, 6.45) is 8.76. The van der Waals surface area contributed by atoms with Crippen molar-refractivity contribution in [2.45, 2.75) is 72.3 Å². The predicted molar refractivity (Wildman–Crippen MR) is 79.7 cm³/mol. The Morgan fingerprint density at radius 2 is 1.70 bits per heavy atom. The zero-order valence-corrected chi connectivity index (χ0v) is 12.9. The maximum Gasteiger partial charge on any atom is 0.207 e. The van der Waals surface area contributed by atoms with Gasteiger partial charge in [-0.25, -0.2) is 4.98 Å². The first kappa shape index (κ1) is 14.9. The third-order valence-corrected chi connectivity index (χ3v) is 3.84. The number of nitrogens with zero attached hydrogens (tertiary/aromatic N) is 5. The summed E-state index contributed by atoms with van der Waals surface area (Å²) in [6.45, 7) is 7.51. The van der Waals surface area contributed by atoms with Crippen LogP contribution in [0.4, 0.5) is 0 Å². The van der Waals surface area contributed by atoms with Crippen molar-refractivity contribution in [3.63, 3.8) is 0 Å². The number of rotatable bonds is 8. The fourth-order valence-electron chi connectivity index (χ4n) is 2.63. The van der Waals surface area contributed by atoms with E-state index in [0.717, 1.165) is 30.2 Å². The fraction of sp³-hybridized carbons (Fsp3) is 0.733. The maximum absolute atomic E-state index is 4.57. The molecule has 0 saturated heterocycles. The molecule has 5 nitrogen and oxygen atoms in total. The highest BCUT2D eigenvalue weighted by molar-refractivity contribution is 5.52. The van der Waals surface area contributed by atoms with Gasteiger partial charge < -0.3 is 4.57 Å². The molecule has 2 heterocycles.